The quantitative estimate of drug-likeness (QED) is 0.777. The number of aryl methyl sites for hydroxylation is 1. The van der Waals surface area contributed by atoms with Crippen molar-refractivity contribution in [3.8, 4) is 0 Å². The summed E-state index contributed by atoms with van der Waals surface area (Å²) in [4.78, 5) is 11.2. The third-order valence-corrected chi connectivity index (χ3v) is 7.85. The van der Waals surface area contributed by atoms with Gasteiger partial charge in [-0.05, 0) is 56.0 Å². The van der Waals surface area contributed by atoms with Gasteiger partial charge in [-0.3, -0.25) is 4.68 Å². The predicted octanol–water partition coefficient (Wildman–Crippen LogP) is 2.89. The Bertz CT molecular complexity index is 994. The van der Waals surface area contributed by atoms with Crippen LogP contribution in [0.2, 0.25) is 5.28 Å². The number of fused-ring (bicyclic) bond motifs is 4. The number of halogens is 1. The highest BCUT2D eigenvalue weighted by Crippen LogP contribution is 2.56. The van der Waals surface area contributed by atoms with Gasteiger partial charge in [-0.1, -0.05) is 0 Å². The van der Waals surface area contributed by atoms with E-state index in [9.17, 15) is 0 Å². The molecule has 2 aromatic rings. The highest BCUT2D eigenvalue weighted by molar-refractivity contribution is 6.28. The van der Waals surface area contributed by atoms with Gasteiger partial charge in [0.1, 0.15) is 5.82 Å². The Labute approximate surface area is 175 Å². The third-order valence-electron chi connectivity index (χ3n) is 7.68. The molecule has 2 aliphatic carbocycles. The molecule has 2 aromatic heterocycles. The van der Waals surface area contributed by atoms with Gasteiger partial charge in [0.25, 0.3) is 0 Å². The lowest BCUT2D eigenvalue weighted by Gasteiger charge is -2.31. The van der Waals surface area contributed by atoms with Gasteiger partial charge in [0.15, 0.2) is 0 Å². The van der Waals surface area contributed by atoms with Crippen LogP contribution >= 0.6 is 11.6 Å². The van der Waals surface area contributed by atoms with E-state index < -0.39 is 0 Å². The van der Waals surface area contributed by atoms with Crippen LogP contribution in [0.15, 0.2) is 0 Å². The van der Waals surface area contributed by atoms with Crippen LogP contribution in [0.1, 0.15) is 60.3 Å². The summed E-state index contributed by atoms with van der Waals surface area (Å²) in [6.07, 6.45) is 6.96. The number of hydrogen-bond acceptors (Lipinski definition) is 6. The molecule has 2 fully saturated rings. The Morgan fingerprint density at radius 1 is 1.14 bits per heavy atom. The molecule has 7 nitrogen and oxygen atoms in total. The maximum atomic E-state index is 6.55. The smallest absolute Gasteiger partial charge is 0.224 e. The summed E-state index contributed by atoms with van der Waals surface area (Å²) in [5.41, 5.74) is 12.9. The van der Waals surface area contributed by atoms with Gasteiger partial charge < -0.3 is 15.4 Å². The maximum absolute atomic E-state index is 6.55. The number of anilines is 1. The highest BCUT2D eigenvalue weighted by Gasteiger charge is 2.52. The summed E-state index contributed by atoms with van der Waals surface area (Å²) < 4.78 is 7.90. The van der Waals surface area contributed by atoms with Crippen LogP contribution in [0.3, 0.4) is 0 Å². The van der Waals surface area contributed by atoms with Crippen LogP contribution in [0.4, 0.5) is 5.82 Å². The predicted molar refractivity (Wildman–Crippen MR) is 110 cm³/mol. The molecule has 0 spiro atoms. The molecule has 2 bridgehead atoms. The van der Waals surface area contributed by atoms with E-state index in [4.69, 9.17) is 27.2 Å². The molecular weight excluding hydrogens is 388 g/mol. The van der Waals surface area contributed by atoms with Crippen LogP contribution < -0.4 is 10.6 Å². The van der Waals surface area contributed by atoms with Gasteiger partial charge >= 0.3 is 0 Å². The molecule has 0 saturated heterocycles. The second kappa shape index (κ2) is 6.15. The Morgan fingerprint density at radius 3 is 2.72 bits per heavy atom. The molecule has 2 N–H and O–H groups in total. The maximum Gasteiger partial charge on any atom is 0.224 e. The van der Waals surface area contributed by atoms with Crippen LogP contribution in [0, 0.1) is 12.3 Å². The number of hydrogen-bond donors (Lipinski definition) is 1. The molecular formula is C21H27ClN6O. The van der Waals surface area contributed by atoms with Gasteiger partial charge in [-0.25, -0.2) is 9.97 Å². The molecule has 2 saturated carbocycles. The SMILES string of the molecule is Cc1nn(CC23CCC(N)(CC2)C3)c2c1CN(c1nc(Cl)nc3c1COC3)CC2. The molecule has 0 radical (unpaired) electrons. The normalized spacial score (nSPS) is 30.1. The largest absolute Gasteiger partial charge is 0.370 e. The lowest BCUT2D eigenvalue weighted by Crippen LogP contribution is -2.34. The number of nitrogens with two attached hydrogens (primary N) is 1. The first-order valence-electron chi connectivity index (χ1n) is 10.7. The minimum atomic E-state index is 0.0911. The summed E-state index contributed by atoms with van der Waals surface area (Å²) in [5, 5.41) is 5.27. The Morgan fingerprint density at radius 2 is 1.97 bits per heavy atom. The Hall–Kier alpha value is -1.70. The van der Waals surface area contributed by atoms with Gasteiger partial charge in [0, 0.05) is 48.4 Å². The molecule has 4 aliphatic rings. The topological polar surface area (TPSA) is 82.1 Å². The minimum Gasteiger partial charge on any atom is -0.370 e. The molecule has 0 atom stereocenters. The molecule has 0 amide bonds. The lowest BCUT2D eigenvalue weighted by molar-refractivity contribution is 0.133. The number of rotatable bonds is 3. The zero-order valence-electron chi connectivity index (χ0n) is 16.9. The van der Waals surface area contributed by atoms with Crippen molar-refractivity contribution in [2.75, 3.05) is 11.4 Å². The molecule has 154 valence electrons. The van der Waals surface area contributed by atoms with E-state index in [-0.39, 0.29) is 5.54 Å². The fraction of sp³-hybridized carbons (Fsp3) is 0.667. The van der Waals surface area contributed by atoms with Gasteiger partial charge in [-0.15, -0.1) is 0 Å². The van der Waals surface area contributed by atoms with Gasteiger partial charge in [-0.2, -0.15) is 5.10 Å². The van der Waals surface area contributed by atoms with Crippen molar-refractivity contribution in [3.05, 3.63) is 33.5 Å². The highest BCUT2D eigenvalue weighted by atomic mass is 35.5. The Balaban J connectivity index is 1.29. The van der Waals surface area contributed by atoms with E-state index in [1.807, 2.05) is 0 Å². The summed E-state index contributed by atoms with van der Waals surface area (Å²) in [7, 11) is 0. The fourth-order valence-electron chi connectivity index (χ4n) is 6.15. The van der Waals surface area contributed by atoms with Crippen LogP contribution in [0.25, 0.3) is 0 Å². The first-order valence-corrected chi connectivity index (χ1v) is 11.0. The molecule has 0 aromatic carbocycles. The van der Waals surface area contributed by atoms with Crippen molar-refractivity contribution in [1.29, 1.82) is 0 Å². The number of ether oxygens (including phenoxy) is 1. The average Bonchev–Trinajstić information content (AvgIpc) is 3.44. The Kier molecular flexibility index (Phi) is 3.84. The van der Waals surface area contributed by atoms with Crippen molar-refractivity contribution >= 4 is 17.4 Å². The van der Waals surface area contributed by atoms with Gasteiger partial charge in [0.2, 0.25) is 5.28 Å². The van der Waals surface area contributed by atoms with Gasteiger partial charge in [0.05, 0.1) is 24.6 Å². The van der Waals surface area contributed by atoms with Crippen molar-refractivity contribution in [1.82, 2.24) is 19.7 Å². The molecule has 6 rings (SSSR count). The second-order valence-electron chi connectivity index (χ2n) is 9.61. The zero-order chi connectivity index (χ0) is 19.8. The number of aromatic nitrogens is 4. The number of nitrogens with zero attached hydrogens (tertiary/aromatic N) is 5. The minimum absolute atomic E-state index is 0.0911. The molecule has 8 heteroatoms. The second-order valence-corrected chi connectivity index (χ2v) is 9.95. The van der Waals surface area contributed by atoms with Crippen molar-refractivity contribution in [2.24, 2.45) is 11.1 Å². The molecule has 2 aliphatic heterocycles. The van der Waals surface area contributed by atoms with E-state index in [0.717, 1.165) is 55.2 Å². The van der Waals surface area contributed by atoms with Crippen molar-refractivity contribution in [2.45, 2.75) is 77.3 Å². The summed E-state index contributed by atoms with van der Waals surface area (Å²) >= 11 is 6.19. The summed E-state index contributed by atoms with van der Waals surface area (Å²) in [6, 6.07) is 0. The van der Waals surface area contributed by atoms with E-state index in [0.29, 0.717) is 23.9 Å². The lowest BCUT2D eigenvalue weighted by atomic mass is 9.84. The van der Waals surface area contributed by atoms with Crippen LogP contribution in [-0.2, 0) is 37.5 Å². The van der Waals surface area contributed by atoms with E-state index in [2.05, 4.69) is 26.5 Å². The van der Waals surface area contributed by atoms with Crippen LogP contribution in [-0.4, -0.2) is 31.8 Å². The first kappa shape index (κ1) is 18.1. The molecule has 29 heavy (non-hydrogen) atoms. The van der Waals surface area contributed by atoms with E-state index in [1.165, 1.54) is 36.9 Å². The molecule has 0 unspecified atom stereocenters. The standard InChI is InChI=1S/C21H27ClN6O/c1-13-14-8-27(18-15-9-29-10-16(15)24-19(22)25-18)7-2-17(14)28(26-13)12-20-3-5-21(23,11-20)6-4-20/h2-12,23H2,1H3. The zero-order valence-corrected chi connectivity index (χ0v) is 17.6. The van der Waals surface area contributed by atoms with Crippen molar-refractivity contribution < 1.29 is 4.74 Å². The monoisotopic (exact) mass is 414 g/mol. The molecule has 4 heterocycles. The van der Waals surface area contributed by atoms with E-state index >= 15 is 0 Å². The van der Waals surface area contributed by atoms with Crippen LogP contribution in [0.5, 0.6) is 0 Å². The summed E-state index contributed by atoms with van der Waals surface area (Å²) in [5.74, 6) is 0.924. The third kappa shape index (κ3) is 2.81. The fourth-order valence-corrected chi connectivity index (χ4v) is 6.33. The van der Waals surface area contributed by atoms with E-state index in [1.54, 1.807) is 0 Å². The first-order chi connectivity index (χ1) is 13.9. The summed E-state index contributed by atoms with van der Waals surface area (Å²) in [6.45, 7) is 5.96. The van der Waals surface area contributed by atoms with Crippen molar-refractivity contribution in [3.63, 3.8) is 0 Å². The average molecular weight is 415 g/mol.